The third-order valence-electron chi connectivity index (χ3n) is 3.54. The van der Waals surface area contributed by atoms with Gasteiger partial charge >= 0.3 is 0 Å². The summed E-state index contributed by atoms with van der Waals surface area (Å²) >= 11 is 0. The molecule has 4 nitrogen and oxygen atoms in total. The summed E-state index contributed by atoms with van der Waals surface area (Å²) in [5.74, 6) is -0.0840. The molecular formula is C16H23N3O. The summed E-state index contributed by atoms with van der Waals surface area (Å²) in [7, 11) is 2.17. The quantitative estimate of drug-likeness (QED) is 0.852. The van der Waals surface area contributed by atoms with Crippen LogP contribution in [-0.2, 0) is 11.3 Å². The zero-order valence-electron chi connectivity index (χ0n) is 12.3. The lowest BCUT2D eigenvalue weighted by Crippen LogP contribution is -2.43. The summed E-state index contributed by atoms with van der Waals surface area (Å²) in [6.07, 6.45) is 3.26. The lowest BCUT2D eigenvalue weighted by atomic mass is 10.2. The van der Waals surface area contributed by atoms with Gasteiger partial charge in [-0.2, -0.15) is 0 Å². The van der Waals surface area contributed by atoms with Crippen molar-refractivity contribution >= 4 is 11.6 Å². The van der Waals surface area contributed by atoms with Crippen molar-refractivity contribution < 1.29 is 4.79 Å². The summed E-state index contributed by atoms with van der Waals surface area (Å²) in [6, 6.07) is 8.10. The van der Waals surface area contributed by atoms with Crippen LogP contribution in [-0.4, -0.2) is 48.9 Å². The molecule has 1 aliphatic heterocycles. The maximum absolute atomic E-state index is 11.4. The summed E-state index contributed by atoms with van der Waals surface area (Å²) < 4.78 is 0. The fourth-order valence-electron chi connectivity index (χ4n) is 2.29. The highest BCUT2D eigenvalue weighted by molar-refractivity contribution is 5.99. The van der Waals surface area contributed by atoms with Crippen LogP contribution in [0.25, 0.3) is 0 Å². The van der Waals surface area contributed by atoms with Crippen LogP contribution in [0.4, 0.5) is 5.69 Å². The van der Waals surface area contributed by atoms with E-state index in [-0.39, 0.29) is 5.91 Å². The zero-order valence-corrected chi connectivity index (χ0v) is 12.3. The smallest absolute Gasteiger partial charge is 0.248 e. The SMILES string of the molecule is C/C=C/C(=O)Nc1ccc(CN2CCN(C)CC2)cc1. The molecule has 1 N–H and O–H groups in total. The average Bonchev–Trinajstić information content (AvgIpc) is 2.44. The first-order valence-corrected chi connectivity index (χ1v) is 7.11. The van der Waals surface area contributed by atoms with Gasteiger partial charge in [-0.3, -0.25) is 9.69 Å². The van der Waals surface area contributed by atoms with Crippen LogP contribution in [0.15, 0.2) is 36.4 Å². The van der Waals surface area contributed by atoms with E-state index in [9.17, 15) is 4.79 Å². The van der Waals surface area contributed by atoms with Crippen LogP contribution in [0, 0.1) is 0 Å². The van der Waals surface area contributed by atoms with E-state index < -0.39 is 0 Å². The van der Waals surface area contributed by atoms with E-state index in [1.165, 1.54) is 11.6 Å². The molecule has 2 rings (SSSR count). The van der Waals surface area contributed by atoms with Crippen molar-refractivity contribution in [1.29, 1.82) is 0 Å². The van der Waals surface area contributed by atoms with Crippen LogP contribution in [0.5, 0.6) is 0 Å². The maximum Gasteiger partial charge on any atom is 0.248 e. The average molecular weight is 273 g/mol. The molecule has 0 spiro atoms. The Bertz CT molecular complexity index is 459. The summed E-state index contributed by atoms with van der Waals surface area (Å²) in [5.41, 5.74) is 2.13. The van der Waals surface area contributed by atoms with E-state index in [1.54, 1.807) is 6.08 Å². The Kier molecular flexibility index (Phi) is 5.32. The van der Waals surface area contributed by atoms with Gasteiger partial charge in [-0.1, -0.05) is 18.2 Å². The molecule has 0 unspecified atom stereocenters. The van der Waals surface area contributed by atoms with Gasteiger partial charge in [0.1, 0.15) is 0 Å². The van der Waals surface area contributed by atoms with Gasteiger partial charge in [0.15, 0.2) is 0 Å². The largest absolute Gasteiger partial charge is 0.323 e. The first kappa shape index (κ1) is 14.8. The number of benzene rings is 1. The van der Waals surface area contributed by atoms with E-state index in [2.05, 4.69) is 34.3 Å². The Labute approximate surface area is 121 Å². The van der Waals surface area contributed by atoms with Gasteiger partial charge in [0.2, 0.25) is 5.91 Å². The summed E-state index contributed by atoms with van der Waals surface area (Å²) in [6.45, 7) is 7.33. The van der Waals surface area contributed by atoms with E-state index >= 15 is 0 Å². The second-order valence-electron chi connectivity index (χ2n) is 5.27. The number of amides is 1. The Hall–Kier alpha value is -1.65. The van der Waals surface area contributed by atoms with E-state index in [0.29, 0.717) is 0 Å². The number of piperazine rings is 1. The predicted molar refractivity (Wildman–Crippen MR) is 82.7 cm³/mol. The van der Waals surface area contributed by atoms with Crippen molar-refractivity contribution in [3.8, 4) is 0 Å². The lowest BCUT2D eigenvalue weighted by molar-refractivity contribution is -0.111. The molecule has 1 aliphatic rings. The fraction of sp³-hybridized carbons (Fsp3) is 0.438. The van der Waals surface area contributed by atoms with Gasteiger partial charge < -0.3 is 10.2 Å². The molecule has 0 radical (unpaired) electrons. The standard InChI is InChI=1S/C16H23N3O/c1-3-4-16(20)17-15-7-5-14(6-8-15)13-19-11-9-18(2)10-12-19/h3-8H,9-13H2,1-2H3,(H,17,20)/b4-3+. The first-order valence-electron chi connectivity index (χ1n) is 7.11. The molecule has 1 saturated heterocycles. The van der Waals surface area contributed by atoms with E-state index in [0.717, 1.165) is 38.4 Å². The van der Waals surface area contributed by atoms with Crippen molar-refractivity contribution in [2.75, 3.05) is 38.5 Å². The van der Waals surface area contributed by atoms with Crippen LogP contribution in [0.1, 0.15) is 12.5 Å². The molecule has 1 aromatic carbocycles. The Morgan fingerprint density at radius 2 is 1.85 bits per heavy atom. The minimum absolute atomic E-state index is 0.0840. The summed E-state index contributed by atoms with van der Waals surface area (Å²) in [5, 5.41) is 2.83. The molecule has 4 heteroatoms. The van der Waals surface area contributed by atoms with Crippen LogP contribution in [0.2, 0.25) is 0 Å². The number of nitrogens with zero attached hydrogens (tertiary/aromatic N) is 2. The zero-order chi connectivity index (χ0) is 14.4. The molecule has 1 fully saturated rings. The molecule has 20 heavy (non-hydrogen) atoms. The first-order chi connectivity index (χ1) is 9.67. The number of anilines is 1. The number of carbonyl (C=O) groups excluding carboxylic acids is 1. The molecule has 0 bridgehead atoms. The Morgan fingerprint density at radius 1 is 1.20 bits per heavy atom. The Morgan fingerprint density at radius 3 is 2.45 bits per heavy atom. The fourth-order valence-corrected chi connectivity index (χ4v) is 2.29. The lowest BCUT2D eigenvalue weighted by Gasteiger charge is -2.32. The number of likely N-dealkylation sites (N-methyl/N-ethyl adjacent to an activating group) is 1. The highest BCUT2D eigenvalue weighted by Gasteiger charge is 2.13. The van der Waals surface area contributed by atoms with Gasteiger partial charge in [0, 0.05) is 38.4 Å². The highest BCUT2D eigenvalue weighted by atomic mass is 16.1. The minimum Gasteiger partial charge on any atom is -0.323 e. The van der Waals surface area contributed by atoms with Crippen molar-refractivity contribution in [3.05, 3.63) is 42.0 Å². The molecule has 108 valence electrons. The third-order valence-corrected chi connectivity index (χ3v) is 3.54. The number of hydrogen-bond acceptors (Lipinski definition) is 3. The molecule has 0 aromatic heterocycles. The van der Waals surface area contributed by atoms with Gasteiger partial charge in [-0.15, -0.1) is 0 Å². The number of hydrogen-bond donors (Lipinski definition) is 1. The normalized spacial score (nSPS) is 17.5. The van der Waals surface area contributed by atoms with Crippen LogP contribution < -0.4 is 5.32 Å². The number of rotatable bonds is 4. The van der Waals surface area contributed by atoms with E-state index in [4.69, 9.17) is 0 Å². The second kappa shape index (κ2) is 7.22. The van der Waals surface area contributed by atoms with Crippen molar-refractivity contribution in [2.45, 2.75) is 13.5 Å². The Balaban J connectivity index is 1.86. The van der Waals surface area contributed by atoms with E-state index in [1.807, 2.05) is 19.1 Å². The van der Waals surface area contributed by atoms with Crippen LogP contribution >= 0.6 is 0 Å². The minimum atomic E-state index is -0.0840. The highest BCUT2D eigenvalue weighted by Crippen LogP contribution is 2.12. The van der Waals surface area contributed by atoms with Gasteiger partial charge in [0.05, 0.1) is 0 Å². The summed E-state index contributed by atoms with van der Waals surface area (Å²) in [4.78, 5) is 16.3. The third kappa shape index (κ3) is 4.47. The second-order valence-corrected chi connectivity index (χ2v) is 5.27. The topological polar surface area (TPSA) is 35.6 Å². The maximum atomic E-state index is 11.4. The molecule has 1 aromatic rings. The molecule has 0 aliphatic carbocycles. The van der Waals surface area contributed by atoms with Gasteiger partial charge in [0.25, 0.3) is 0 Å². The van der Waals surface area contributed by atoms with Crippen LogP contribution in [0.3, 0.4) is 0 Å². The van der Waals surface area contributed by atoms with Gasteiger partial charge in [-0.05, 0) is 37.7 Å². The van der Waals surface area contributed by atoms with Crippen molar-refractivity contribution in [3.63, 3.8) is 0 Å². The molecule has 0 saturated carbocycles. The van der Waals surface area contributed by atoms with Crippen molar-refractivity contribution in [1.82, 2.24) is 9.80 Å². The predicted octanol–water partition coefficient (Wildman–Crippen LogP) is 1.95. The number of nitrogens with one attached hydrogen (secondary N) is 1. The van der Waals surface area contributed by atoms with Gasteiger partial charge in [-0.25, -0.2) is 0 Å². The van der Waals surface area contributed by atoms with Crippen molar-refractivity contribution in [2.24, 2.45) is 0 Å². The number of allylic oxidation sites excluding steroid dienone is 1. The molecular weight excluding hydrogens is 250 g/mol. The number of carbonyl (C=O) groups is 1. The molecule has 0 atom stereocenters. The molecule has 1 heterocycles. The monoisotopic (exact) mass is 273 g/mol. The molecule has 1 amide bonds.